The van der Waals surface area contributed by atoms with E-state index in [0.29, 0.717) is 12.0 Å². The normalized spacial score (nSPS) is 41.2. The van der Waals surface area contributed by atoms with Gasteiger partial charge < -0.3 is 19.1 Å². The van der Waals surface area contributed by atoms with Crippen LogP contribution in [0.3, 0.4) is 0 Å². The fraction of sp³-hybridized carbons (Fsp3) is 0.579. The predicted octanol–water partition coefficient (Wildman–Crippen LogP) is 1.65. The lowest BCUT2D eigenvalue weighted by molar-refractivity contribution is -0.926. The van der Waals surface area contributed by atoms with E-state index in [4.69, 9.17) is 9.47 Å². The highest BCUT2D eigenvalue weighted by molar-refractivity contribution is 5.61. The van der Waals surface area contributed by atoms with Crippen LogP contribution in [-0.4, -0.2) is 55.6 Å². The Hall–Kier alpha value is -1.52. The highest BCUT2D eigenvalue weighted by Gasteiger charge is 2.67. The third kappa shape index (κ3) is 1.45. The van der Waals surface area contributed by atoms with Gasteiger partial charge >= 0.3 is 0 Å². The number of rotatable bonds is 1. The second kappa shape index (κ2) is 4.11. The highest BCUT2D eigenvalue weighted by atomic mass is 16.5. The van der Waals surface area contributed by atoms with Gasteiger partial charge in [0.25, 0.3) is 0 Å². The maximum absolute atomic E-state index is 10.6. The van der Waals surface area contributed by atoms with Crippen molar-refractivity contribution in [1.82, 2.24) is 0 Å². The van der Waals surface area contributed by atoms with Crippen LogP contribution in [0.1, 0.15) is 17.5 Å². The molecule has 4 aliphatic rings. The number of hydrogen-bond donors (Lipinski definition) is 1. The summed E-state index contributed by atoms with van der Waals surface area (Å²) in [5.41, 5.74) is 2.63. The molecule has 4 heteroatoms. The van der Waals surface area contributed by atoms with Crippen LogP contribution in [-0.2, 0) is 11.8 Å². The molecular weight excluding hydrogens is 290 g/mol. The average Bonchev–Trinajstić information content (AvgIpc) is 2.88. The van der Waals surface area contributed by atoms with Crippen molar-refractivity contribution < 1.29 is 19.1 Å². The second-order valence-corrected chi connectivity index (χ2v) is 8.13. The minimum Gasteiger partial charge on any atom is -0.493 e. The number of piperidine rings is 1. The van der Waals surface area contributed by atoms with E-state index in [1.807, 2.05) is 12.1 Å². The van der Waals surface area contributed by atoms with Crippen LogP contribution in [0.5, 0.6) is 11.5 Å². The lowest BCUT2D eigenvalue weighted by Crippen LogP contribution is -2.70. The third-order valence-corrected chi connectivity index (χ3v) is 6.91. The van der Waals surface area contributed by atoms with E-state index in [2.05, 4.69) is 26.2 Å². The summed E-state index contributed by atoms with van der Waals surface area (Å²) in [5, 5.41) is 10.6. The average molecular weight is 314 g/mol. The maximum atomic E-state index is 10.6. The van der Waals surface area contributed by atoms with Crippen LogP contribution in [0.4, 0.5) is 0 Å². The highest BCUT2D eigenvalue weighted by Crippen LogP contribution is 2.63. The van der Waals surface area contributed by atoms with Gasteiger partial charge in [0.2, 0.25) is 0 Å². The van der Waals surface area contributed by atoms with Gasteiger partial charge in [0.15, 0.2) is 11.5 Å². The molecular formula is C19H24NO3+. The van der Waals surface area contributed by atoms with Crippen LogP contribution in [0.15, 0.2) is 24.3 Å². The fourth-order valence-electron chi connectivity index (χ4n) is 5.75. The van der Waals surface area contributed by atoms with Crippen molar-refractivity contribution in [3.05, 3.63) is 35.4 Å². The van der Waals surface area contributed by atoms with E-state index in [0.717, 1.165) is 35.4 Å². The SMILES string of the molecule is COc1ccc2c3c1O[C@@H]1[C@H](O)C=C[C@H]4[C@@H](C2)[N+](C)(C)CC[C@]314. The molecule has 5 rings (SSSR count). The Labute approximate surface area is 136 Å². The Morgan fingerprint density at radius 3 is 2.91 bits per heavy atom. The van der Waals surface area contributed by atoms with E-state index in [1.54, 1.807) is 7.11 Å². The van der Waals surface area contributed by atoms with Gasteiger partial charge in [0.1, 0.15) is 18.2 Å². The summed E-state index contributed by atoms with van der Waals surface area (Å²) in [6, 6.07) is 4.79. The molecule has 0 aromatic heterocycles. The number of aliphatic hydroxyl groups excluding tert-OH is 1. The zero-order valence-electron chi connectivity index (χ0n) is 14.0. The van der Waals surface area contributed by atoms with Gasteiger partial charge in [-0.3, -0.25) is 0 Å². The topological polar surface area (TPSA) is 38.7 Å². The molecule has 122 valence electrons. The molecule has 4 nitrogen and oxygen atoms in total. The van der Waals surface area contributed by atoms with E-state index in [-0.39, 0.29) is 11.5 Å². The number of ether oxygens (including phenoxy) is 2. The Morgan fingerprint density at radius 2 is 2.13 bits per heavy atom. The predicted molar refractivity (Wildman–Crippen MR) is 86.8 cm³/mol. The first-order chi connectivity index (χ1) is 11.0. The van der Waals surface area contributed by atoms with Crippen molar-refractivity contribution in [2.75, 3.05) is 27.7 Å². The molecule has 1 saturated heterocycles. The van der Waals surface area contributed by atoms with E-state index in [1.165, 1.54) is 11.1 Å². The lowest BCUT2D eigenvalue weighted by atomic mass is 9.53. The van der Waals surface area contributed by atoms with Crippen molar-refractivity contribution in [2.45, 2.75) is 36.5 Å². The standard InChI is InChI=1S/C19H24NO3/c1-20(2)9-8-19-12-5-6-14(21)18(19)23-17-15(22-3)7-4-11(16(17)19)10-13(12)20/h4-7,12-14,18,21H,8-10H2,1-3H3/q+1/t12-,13+,14+,18+,19-/m0/s1. The van der Waals surface area contributed by atoms with Gasteiger partial charge in [-0.2, -0.15) is 0 Å². The summed E-state index contributed by atoms with van der Waals surface area (Å²) in [6.07, 6.45) is 5.64. The fourth-order valence-corrected chi connectivity index (χ4v) is 5.75. The minimum absolute atomic E-state index is 0.0793. The number of likely N-dealkylation sites (N-methyl/N-ethyl adjacent to an activating group) is 1. The number of benzene rings is 1. The van der Waals surface area contributed by atoms with Gasteiger partial charge in [-0.25, -0.2) is 0 Å². The molecule has 1 fully saturated rings. The molecule has 1 spiro atoms. The van der Waals surface area contributed by atoms with Crippen molar-refractivity contribution >= 4 is 0 Å². The van der Waals surface area contributed by atoms with Crippen molar-refractivity contribution in [2.24, 2.45) is 5.92 Å². The van der Waals surface area contributed by atoms with E-state index < -0.39 is 6.10 Å². The summed E-state index contributed by atoms with van der Waals surface area (Å²) in [5.74, 6) is 2.12. The Kier molecular flexibility index (Phi) is 2.48. The third-order valence-electron chi connectivity index (χ3n) is 6.91. The molecule has 23 heavy (non-hydrogen) atoms. The molecule has 2 aliphatic carbocycles. The summed E-state index contributed by atoms with van der Waals surface area (Å²) in [6.45, 7) is 1.12. The quantitative estimate of drug-likeness (QED) is 0.633. The van der Waals surface area contributed by atoms with E-state index >= 15 is 0 Å². The molecule has 1 aromatic rings. The van der Waals surface area contributed by atoms with Crippen LogP contribution in [0.2, 0.25) is 0 Å². The summed E-state index contributed by atoms with van der Waals surface area (Å²) < 4.78 is 12.9. The summed E-state index contributed by atoms with van der Waals surface area (Å²) >= 11 is 0. The van der Waals surface area contributed by atoms with Crippen molar-refractivity contribution in [1.29, 1.82) is 0 Å². The van der Waals surface area contributed by atoms with Crippen LogP contribution in [0, 0.1) is 5.92 Å². The van der Waals surface area contributed by atoms with Gasteiger partial charge in [-0.15, -0.1) is 0 Å². The number of quaternary nitrogens is 1. The molecule has 2 aliphatic heterocycles. The van der Waals surface area contributed by atoms with Gasteiger partial charge in [-0.1, -0.05) is 18.2 Å². The Bertz CT molecular complexity index is 726. The van der Waals surface area contributed by atoms with Crippen LogP contribution in [0.25, 0.3) is 0 Å². The number of nitrogens with zero attached hydrogens (tertiary/aromatic N) is 1. The van der Waals surface area contributed by atoms with E-state index in [9.17, 15) is 5.11 Å². The molecule has 1 N–H and O–H groups in total. The molecule has 0 amide bonds. The number of aliphatic hydroxyl groups is 1. The molecule has 0 radical (unpaired) electrons. The van der Waals surface area contributed by atoms with Crippen LogP contribution < -0.4 is 9.47 Å². The second-order valence-electron chi connectivity index (χ2n) is 8.13. The first kappa shape index (κ1) is 13.9. The van der Waals surface area contributed by atoms with Gasteiger partial charge in [0, 0.05) is 24.3 Å². The Morgan fingerprint density at radius 1 is 1.30 bits per heavy atom. The largest absolute Gasteiger partial charge is 0.493 e. The van der Waals surface area contributed by atoms with Crippen molar-refractivity contribution in [3.63, 3.8) is 0 Å². The Balaban J connectivity index is 1.82. The zero-order valence-corrected chi connectivity index (χ0v) is 14.0. The number of likely N-dealkylation sites (tertiary alicyclic amines) is 1. The molecule has 0 unspecified atom stereocenters. The molecule has 2 heterocycles. The zero-order chi connectivity index (χ0) is 16.0. The summed E-state index contributed by atoms with van der Waals surface area (Å²) in [7, 11) is 6.38. The number of methoxy groups -OCH3 is 1. The van der Waals surface area contributed by atoms with Crippen molar-refractivity contribution in [3.8, 4) is 11.5 Å². The lowest BCUT2D eigenvalue weighted by Gasteiger charge is -2.58. The minimum atomic E-state index is -0.538. The molecule has 1 aromatic carbocycles. The monoisotopic (exact) mass is 314 g/mol. The molecule has 0 saturated carbocycles. The molecule has 5 atom stereocenters. The van der Waals surface area contributed by atoms with Gasteiger partial charge in [-0.05, 0) is 11.6 Å². The summed E-state index contributed by atoms with van der Waals surface area (Å²) in [4.78, 5) is 0. The first-order valence-corrected chi connectivity index (χ1v) is 8.55. The molecule has 2 bridgehead atoms. The first-order valence-electron chi connectivity index (χ1n) is 8.55. The smallest absolute Gasteiger partial charge is 0.165 e. The maximum Gasteiger partial charge on any atom is 0.165 e. The van der Waals surface area contributed by atoms with Crippen LogP contribution >= 0.6 is 0 Å². The van der Waals surface area contributed by atoms with Gasteiger partial charge in [0.05, 0.1) is 33.2 Å². The number of hydrogen-bond acceptors (Lipinski definition) is 3.